The van der Waals surface area contributed by atoms with Gasteiger partial charge in [0.1, 0.15) is 12.1 Å². The molecule has 1 aliphatic heterocycles. The molecule has 2 atom stereocenters. The molecule has 20 heavy (non-hydrogen) atoms. The van der Waals surface area contributed by atoms with Gasteiger partial charge in [-0.15, -0.1) is 10.2 Å². The maximum atomic E-state index is 5.58. The largest absolute Gasteiger partial charge is 0.467 e. The monoisotopic (exact) mass is 266 g/mol. The van der Waals surface area contributed by atoms with E-state index in [-0.39, 0.29) is 12.1 Å². The van der Waals surface area contributed by atoms with Crippen LogP contribution in [0.5, 0.6) is 0 Å². The fraction of sp³-hybridized carbons (Fsp3) is 0.200. The lowest BCUT2D eigenvalue weighted by Gasteiger charge is -2.31. The van der Waals surface area contributed by atoms with Gasteiger partial charge in [-0.1, -0.05) is 30.3 Å². The van der Waals surface area contributed by atoms with Crippen molar-refractivity contribution in [1.82, 2.24) is 14.8 Å². The number of aromatic nitrogens is 3. The summed E-state index contributed by atoms with van der Waals surface area (Å²) in [4.78, 5) is 0. The predicted octanol–water partition coefficient (Wildman–Crippen LogP) is 3.02. The van der Waals surface area contributed by atoms with E-state index >= 15 is 0 Å². The van der Waals surface area contributed by atoms with Crippen LogP contribution in [0.2, 0.25) is 0 Å². The predicted molar refractivity (Wildman–Crippen MR) is 74.3 cm³/mol. The number of nitrogens with one attached hydrogen (secondary N) is 1. The summed E-state index contributed by atoms with van der Waals surface area (Å²) in [5.74, 6) is 1.72. The molecule has 5 heteroatoms. The zero-order valence-corrected chi connectivity index (χ0v) is 10.8. The summed E-state index contributed by atoms with van der Waals surface area (Å²) in [7, 11) is 0. The van der Waals surface area contributed by atoms with E-state index in [1.165, 1.54) is 5.56 Å². The molecule has 1 aromatic carbocycles. The Hall–Kier alpha value is -2.56. The molecule has 0 radical (unpaired) electrons. The van der Waals surface area contributed by atoms with Crippen molar-refractivity contribution >= 4 is 5.95 Å². The van der Waals surface area contributed by atoms with Gasteiger partial charge in [-0.25, -0.2) is 0 Å². The summed E-state index contributed by atoms with van der Waals surface area (Å²) in [6.07, 6.45) is 4.36. The van der Waals surface area contributed by atoms with Crippen LogP contribution in [0.3, 0.4) is 0 Å². The van der Waals surface area contributed by atoms with E-state index in [0.717, 1.165) is 18.1 Å². The summed E-state index contributed by atoms with van der Waals surface area (Å²) in [6.45, 7) is 0. The number of nitrogens with zero attached hydrogens (tertiary/aromatic N) is 3. The average molecular weight is 266 g/mol. The van der Waals surface area contributed by atoms with E-state index in [4.69, 9.17) is 4.42 Å². The highest BCUT2D eigenvalue weighted by Crippen LogP contribution is 2.37. The molecule has 1 N–H and O–H groups in total. The number of rotatable bonds is 2. The molecule has 0 bridgehead atoms. The molecule has 0 saturated carbocycles. The number of anilines is 1. The summed E-state index contributed by atoms with van der Waals surface area (Å²) in [5.41, 5.74) is 1.25. The van der Waals surface area contributed by atoms with E-state index < -0.39 is 0 Å². The van der Waals surface area contributed by atoms with Crippen molar-refractivity contribution in [3.8, 4) is 0 Å². The second-order valence-electron chi connectivity index (χ2n) is 4.94. The third kappa shape index (κ3) is 1.79. The maximum absolute atomic E-state index is 5.58. The Morgan fingerprint density at radius 3 is 2.85 bits per heavy atom. The van der Waals surface area contributed by atoms with Crippen molar-refractivity contribution in [2.45, 2.75) is 18.5 Å². The van der Waals surface area contributed by atoms with Gasteiger partial charge in [0.25, 0.3) is 0 Å². The van der Waals surface area contributed by atoms with Gasteiger partial charge >= 0.3 is 0 Å². The lowest BCUT2D eigenvalue weighted by atomic mass is 9.96. The quantitative estimate of drug-likeness (QED) is 0.774. The molecule has 2 aromatic heterocycles. The molecule has 1 aliphatic rings. The van der Waals surface area contributed by atoms with Crippen molar-refractivity contribution in [3.63, 3.8) is 0 Å². The van der Waals surface area contributed by atoms with E-state index in [2.05, 4.69) is 39.8 Å². The third-order valence-electron chi connectivity index (χ3n) is 3.74. The minimum absolute atomic E-state index is 0.126. The Kier molecular flexibility index (Phi) is 2.55. The van der Waals surface area contributed by atoms with Crippen LogP contribution in [0.25, 0.3) is 0 Å². The second kappa shape index (κ2) is 4.52. The highest BCUT2D eigenvalue weighted by atomic mass is 16.3. The first-order valence-electron chi connectivity index (χ1n) is 6.66. The number of hydrogen-bond donors (Lipinski definition) is 1. The first-order chi connectivity index (χ1) is 9.92. The van der Waals surface area contributed by atoms with Crippen LogP contribution in [0.1, 0.15) is 29.8 Å². The second-order valence-corrected chi connectivity index (χ2v) is 4.94. The molecule has 0 fully saturated rings. The highest BCUT2D eigenvalue weighted by molar-refractivity contribution is 5.37. The van der Waals surface area contributed by atoms with Crippen LogP contribution in [-0.2, 0) is 0 Å². The fourth-order valence-electron chi connectivity index (χ4n) is 2.76. The molecule has 100 valence electrons. The lowest BCUT2D eigenvalue weighted by molar-refractivity contribution is 0.381. The molecule has 5 nitrogen and oxygen atoms in total. The summed E-state index contributed by atoms with van der Waals surface area (Å²) < 4.78 is 7.61. The first kappa shape index (κ1) is 11.3. The van der Waals surface area contributed by atoms with Crippen molar-refractivity contribution in [3.05, 3.63) is 66.4 Å². The molecule has 3 heterocycles. The summed E-state index contributed by atoms with van der Waals surface area (Å²) in [6, 6.07) is 14.6. The molecule has 0 aliphatic carbocycles. The normalized spacial score (nSPS) is 21.2. The Morgan fingerprint density at radius 2 is 2.05 bits per heavy atom. The first-order valence-corrected chi connectivity index (χ1v) is 6.66. The standard InChI is InChI=1S/C15H14N4O/c1-2-5-11(6-3-1)12-9-13(14-7-4-8-20-14)19-10-16-18-15(19)17-12/h1-8,10,12-13H,9H2,(H,17,18)/t12-,13-/m1/s1. The Balaban J connectivity index is 1.74. The Labute approximate surface area is 116 Å². The number of benzene rings is 1. The van der Waals surface area contributed by atoms with Crippen LogP contribution in [0, 0.1) is 0 Å². The molecule has 0 unspecified atom stereocenters. The van der Waals surface area contributed by atoms with Crippen molar-refractivity contribution in [2.75, 3.05) is 5.32 Å². The van der Waals surface area contributed by atoms with Gasteiger partial charge in [0.05, 0.1) is 18.3 Å². The topological polar surface area (TPSA) is 55.9 Å². The van der Waals surface area contributed by atoms with Gasteiger partial charge in [-0.05, 0) is 24.1 Å². The fourth-order valence-corrected chi connectivity index (χ4v) is 2.76. The van der Waals surface area contributed by atoms with Crippen LogP contribution in [0.4, 0.5) is 5.95 Å². The number of furan rings is 1. The van der Waals surface area contributed by atoms with Gasteiger partial charge < -0.3 is 9.73 Å². The van der Waals surface area contributed by atoms with Crippen molar-refractivity contribution in [2.24, 2.45) is 0 Å². The minimum atomic E-state index is 0.126. The third-order valence-corrected chi connectivity index (χ3v) is 3.74. The number of fused-ring (bicyclic) bond motifs is 1. The van der Waals surface area contributed by atoms with Gasteiger partial charge in [0, 0.05) is 0 Å². The van der Waals surface area contributed by atoms with Crippen molar-refractivity contribution < 1.29 is 4.42 Å². The average Bonchev–Trinajstić information content (AvgIpc) is 3.18. The van der Waals surface area contributed by atoms with Gasteiger partial charge in [0.15, 0.2) is 0 Å². The number of hydrogen-bond acceptors (Lipinski definition) is 4. The molecular weight excluding hydrogens is 252 g/mol. The minimum Gasteiger partial charge on any atom is -0.467 e. The molecular formula is C15H14N4O. The molecule has 0 saturated heterocycles. The van der Waals surface area contributed by atoms with Gasteiger partial charge in [-0.3, -0.25) is 4.57 Å². The van der Waals surface area contributed by atoms with Crippen LogP contribution in [0.15, 0.2) is 59.5 Å². The molecule has 4 rings (SSSR count). The SMILES string of the molecule is c1ccc([C@H]2C[C@H](c3ccco3)n3cnnc3N2)cc1. The van der Waals surface area contributed by atoms with E-state index in [0.29, 0.717) is 0 Å². The van der Waals surface area contributed by atoms with Crippen LogP contribution < -0.4 is 5.32 Å². The zero-order chi connectivity index (χ0) is 13.4. The Morgan fingerprint density at radius 1 is 1.15 bits per heavy atom. The lowest BCUT2D eigenvalue weighted by Crippen LogP contribution is -2.26. The van der Waals surface area contributed by atoms with Crippen LogP contribution >= 0.6 is 0 Å². The summed E-state index contributed by atoms with van der Waals surface area (Å²) in [5, 5.41) is 11.6. The van der Waals surface area contributed by atoms with Gasteiger partial charge in [-0.2, -0.15) is 0 Å². The summed E-state index contributed by atoms with van der Waals surface area (Å²) >= 11 is 0. The molecule has 3 aromatic rings. The molecule has 0 amide bonds. The van der Waals surface area contributed by atoms with Crippen LogP contribution in [-0.4, -0.2) is 14.8 Å². The van der Waals surface area contributed by atoms with Gasteiger partial charge in [0.2, 0.25) is 5.95 Å². The van der Waals surface area contributed by atoms with E-state index in [1.54, 1.807) is 12.6 Å². The van der Waals surface area contributed by atoms with Crippen molar-refractivity contribution in [1.29, 1.82) is 0 Å². The Bertz CT molecular complexity index is 690. The zero-order valence-electron chi connectivity index (χ0n) is 10.8. The van der Waals surface area contributed by atoms with E-state index in [1.807, 2.05) is 22.8 Å². The smallest absolute Gasteiger partial charge is 0.225 e. The van der Waals surface area contributed by atoms with E-state index in [9.17, 15) is 0 Å². The maximum Gasteiger partial charge on any atom is 0.225 e. The highest BCUT2D eigenvalue weighted by Gasteiger charge is 2.30. The molecule has 0 spiro atoms.